The minimum absolute atomic E-state index is 0.0304. The number of anilines is 6. The molecule has 6 heteroatoms. The molecule has 16 rings (SSSR count). The third kappa shape index (κ3) is 9.84. The van der Waals surface area contributed by atoms with Crippen molar-refractivity contribution < 1.29 is 14.2 Å². The lowest BCUT2D eigenvalue weighted by Gasteiger charge is -2.47. The Morgan fingerprint density at radius 2 is 0.598 bits per heavy atom. The van der Waals surface area contributed by atoms with Gasteiger partial charge in [0.1, 0.15) is 34.5 Å². The molecule has 484 valence electrons. The van der Waals surface area contributed by atoms with Crippen LogP contribution in [-0.2, 0) is 37.9 Å². The summed E-state index contributed by atoms with van der Waals surface area (Å²) in [4.78, 5) is 5.30. The molecule has 0 spiro atoms. The van der Waals surface area contributed by atoms with Gasteiger partial charge in [0, 0.05) is 83.5 Å². The van der Waals surface area contributed by atoms with Gasteiger partial charge in [-0.05, 0) is 174 Å². The van der Waals surface area contributed by atoms with Crippen molar-refractivity contribution in [2.45, 2.75) is 163 Å². The van der Waals surface area contributed by atoms with Crippen LogP contribution in [-0.4, -0.2) is 6.71 Å². The minimum Gasteiger partial charge on any atom is -0.457 e. The molecule has 5 aliphatic heterocycles. The molecule has 0 bridgehead atoms. The maximum Gasteiger partial charge on any atom is 0.252 e. The molecule has 0 saturated carbocycles. The zero-order valence-corrected chi connectivity index (χ0v) is 59.9. The Morgan fingerprint density at radius 1 is 0.268 bits per heavy atom. The second-order valence-electron chi connectivity index (χ2n) is 33.8. The Morgan fingerprint density at radius 3 is 0.979 bits per heavy atom. The van der Waals surface area contributed by atoms with Crippen LogP contribution in [0.3, 0.4) is 0 Å². The Labute approximate surface area is 576 Å². The molecule has 0 amide bonds. The van der Waals surface area contributed by atoms with Crippen LogP contribution in [0.1, 0.15) is 180 Å². The van der Waals surface area contributed by atoms with Crippen molar-refractivity contribution >= 4 is 57.2 Å². The first-order valence-corrected chi connectivity index (χ1v) is 35.0. The van der Waals surface area contributed by atoms with Crippen molar-refractivity contribution in [1.29, 1.82) is 0 Å². The lowest BCUT2D eigenvalue weighted by atomic mass is 9.33. The highest BCUT2D eigenvalue weighted by molar-refractivity contribution is 7.00. The summed E-state index contributed by atoms with van der Waals surface area (Å²) < 4.78 is 21.4. The number of para-hydroxylation sites is 3. The van der Waals surface area contributed by atoms with Crippen LogP contribution in [0, 0.1) is 0 Å². The van der Waals surface area contributed by atoms with Crippen LogP contribution in [0.4, 0.5) is 34.1 Å². The quantitative estimate of drug-likeness (QED) is 0.160. The number of rotatable bonds is 5. The van der Waals surface area contributed by atoms with Gasteiger partial charge in [0.2, 0.25) is 0 Å². The van der Waals surface area contributed by atoms with E-state index in [0.29, 0.717) is 0 Å². The molecule has 0 unspecified atom stereocenters. The van der Waals surface area contributed by atoms with E-state index < -0.39 is 10.8 Å². The number of nitrogens with zero attached hydrogens (tertiary/aromatic N) is 2. The van der Waals surface area contributed by atoms with Gasteiger partial charge in [-0.3, -0.25) is 0 Å². The van der Waals surface area contributed by atoms with Gasteiger partial charge in [-0.2, -0.15) is 0 Å². The standard InChI is InChI=1S/C91H89BN2O3/c1-85(2,3)58-36-31-54(32-37-58)62-48-60(87(7,8)9)40-42-72(62)93-74-50-68-82(96-79-29-23-20-26-65(79)90(68,15)16)52-70(74)92-71-53-83-69(91(17,18)66-27-21-24-30-80(66)97-83)51-75(71)94(73-43-41-61(88(10,11)12)49-63(73)55-33-38-59(39-34-55)86(4,5)6)77-47-57(46-76(93)84(77)92)56-35-44-81-67(45-56)89(13,14)64-25-19-22-28-78(64)95-81/h19-53H,1-18H3. The second-order valence-corrected chi connectivity index (χ2v) is 33.8. The van der Waals surface area contributed by atoms with Crippen molar-refractivity contribution in [3.05, 3.63) is 268 Å². The topological polar surface area (TPSA) is 34.2 Å². The van der Waals surface area contributed by atoms with E-state index >= 15 is 0 Å². The fourth-order valence-electron chi connectivity index (χ4n) is 16.3. The summed E-state index contributed by atoms with van der Waals surface area (Å²) in [7, 11) is 0. The fraction of sp³-hybridized carbons (Fsp3) is 0.275. The zero-order chi connectivity index (χ0) is 68.0. The lowest BCUT2D eigenvalue weighted by Crippen LogP contribution is -2.61. The third-order valence-corrected chi connectivity index (χ3v) is 22.3. The van der Waals surface area contributed by atoms with Gasteiger partial charge in [-0.1, -0.05) is 246 Å². The molecule has 11 aromatic carbocycles. The van der Waals surface area contributed by atoms with E-state index in [9.17, 15) is 0 Å². The van der Waals surface area contributed by atoms with Crippen LogP contribution in [0.2, 0.25) is 0 Å². The van der Waals surface area contributed by atoms with Crippen molar-refractivity contribution in [2.75, 3.05) is 9.80 Å². The molecular formula is C91H89BN2O3. The van der Waals surface area contributed by atoms with E-state index in [1.54, 1.807) is 0 Å². The van der Waals surface area contributed by atoms with E-state index in [4.69, 9.17) is 14.2 Å². The average Bonchev–Trinajstić information content (AvgIpc) is 0.683. The number of ether oxygens (including phenoxy) is 3. The summed E-state index contributed by atoms with van der Waals surface area (Å²) in [6.07, 6.45) is 0. The molecule has 0 N–H and O–H groups in total. The monoisotopic (exact) mass is 1270 g/mol. The number of fused-ring (bicyclic) bond motifs is 10. The molecule has 5 nitrogen and oxygen atoms in total. The summed E-state index contributed by atoms with van der Waals surface area (Å²) in [6.45, 7) is 41.7. The molecular weight excluding hydrogens is 1180 g/mol. The molecule has 0 aliphatic carbocycles. The highest BCUT2D eigenvalue weighted by Gasteiger charge is 2.49. The zero-order valence-electron chi connectivity index (χ0n) is 59.9. The van der Waals surface area contributed by atoms with Gasteiger partial charge in [-0.25, -0.2) is 0 Å². The Hall–Kier alpha value is -9.52. The van der Waals surface area contributed by atoms with Gasteiger partial charge < -0.3 is 24.0 Å². The SMILES string of the molecule is CC(C)(C)c1ccc(-c2cc(C(C)(C)C)ccc2N2c3cc4c(cc3B3c5cc6c(cc5N(c5ccc(C(C)(C)C)cc5-c5ccc(C(C)(C)C)cc5)c5cc(-c7ccc8c(c7)C(C)(C)c7ccccc7O8)cc2c53)C(C)(C)c2ccccc2O6)Oc2ccccc2C4(C)C)cc1. The molecule has 0 aromatic heterocycles. The summed E-state index contributed by atoms with van der Waals surface area (Å²) in [5.41, 5.74) is 27.5. The van der Waals surface area contributed by atoms with E-state index in [0.717, 1.165) is 141 Å². The van der Waals surface area contributed by atoms with Crippen molar-refractivity contribution in [3.8, 4) is 67.9 Å². The number of hydrogen-bond acceptors (Lipinski definition) is 5. The summed E-state index contributed by atoms with van der Waals surface area (Å²) in [6, 6.07) is 81.0. The molecule has 97 heavy (non-hydrogen) atoms. The van der Waals surface area contributed by atoms with E-state index in [1.165, 1.54) is 33.3 Å². The Balaban J connectivity index is 1.07. The van der Waals surface area contributed by atoms with Gasteiger partial charge in [0.05, 0.1) is 11.4 Å². The summed E-state index contributed by atoms with van der Waals surface area (Å²) in [5, 5.41) is 0. The third-order valence-electron chi connectivity index (χ3n) is 22.3. The van der Waals surface area contributed by atoms with Crippen LogP contribution in [0.15, 0.2) is 212 Å². The molecule has 5 aliphatic rings. The summed E-state index contributed by atoms with van der Waals surface area (Å²) in [5.74, 6) is 5.31. The summed E-state index contributed by atoms with van der Waals surface area (Å²) >= 11 is 0. The van der Waals surface area contributed by atoms with Gasteiger partial charge >= 0.3 is 0 Å². The predicted octanol–water partition coefficient (Wildman–Crippen LogP) is 23.3. The van der Waals surface area contributed by atoms with Crippen LogP contribution in [0.5, 0.6) is 34.5 Å². The Kier molecular flexibility index (Phi) is 13.6. The first kappa shape index (κ1) is 62.3. The van der Waals surface area contributed by atoms with Gasteiger partial charge in [0.25, 0.3) is 6.71 Å². The first-order chi connectivity index (χ1) is 45.8. The maximum atomic E-state index is 7.30. The van der Waals surface area contributed by atoms with E-state index in [2.05, 4.69) is 347 Å². The van der Waals surface area contributed by atoms with Crippen LogP contribution >= 0.6 is 0 Å². The van der Waals surface area contributed by atoms with Crippen molar-refractivity contribution in [3.63, 3.8) is 0 Å². The Bertz CT molecular complexity index is 4830. The molecule has 0 atom stereocenters. The van der Waals surface area contributed by atoms with Crippen LogP contribution in [0.25, 0.3) is 33.4 Å². The van der Waals surface area contributed by atoms with Gasteiger partial charge in [0.15, 0.2) is 0 Å². The average molecular weight is 1270 g/mol. The molecule has 0 fully saturated rings. The first-order valence-electron chi connectivity index (χ1n) is 35.0. The number of hydrogen-bond donors (Lipinski definition) is 0. The maximum absolute atomic E-state index is 7.30. The van der Waals surface area contributed by atoms with Crippen LogP contribution < -0.4 is 40.4 Å². The normalized spacial score (nSPS) is 15.8. The second kappa shape index (κ2) is 21.2. The van der Waals surface area contributed by atoms with Gasteiger partial charge in [-0.15, -0.1) is 0 Å². The molecule has 0 saturated heterocycles. The largest absolute Gasteiger partial charge is 0.457 e. The minimum atomic E-state index is -0.426. The number of benzene rings is 11. The molecule has 11 aromatic rings. The molecule has 0 radical (unpaired) electrons. The van der Waals surface area contributed by atoms with E-state index in [-0.39, 0.29) is 33.8 Å². The fourth-order valence-corrected chi connectivity index (χ4v) is 16.3. The van der Waals surface area contributed by atoms with Crippen molar-refractivity contribution in [1.82, 2.24) is 0 Å². The van der Waals surface area contributed by atoms with E-state index in [1.807, 2.05) is 0 Å². The molecule has 5 heterocycles. The highest BCUT2D eigenvalue weighted by Crippen LogP contribution is 2.58. The predicted molar refractivity (Wildman–Crippen MR) is 408 cm³/mol. The lowest BCUT2D eigenvalue weighted by molar-refractivity contribution is 0.418. The highest BCUT2D eigenvalue weighted by atomic mass is 16.5. The smallest absolute Gasteiger partial charge is 0.252 e. The van der Waals surface area contributed by atoms with Crippen molar-refractivity contribution in [2.24, 2.45) is 0 Å².